The number of imidazole rings is 1. The molecule has 0 amide bonds. The van der Waals surface area contributed by atoms with Crippen LogP contribution in [0, 0.1) is 0 Å². The van der Waals surface area contributed by atoms with Crippen molar-refractivity contribution in [3.63, 3.8) is 0 Å². The van der Waals surface area contributed by atoms with Gasteiger partial charge < -0.3 is 15.0 Å². The first kappa shape index (κ1) is 14.1. The molecule has 3 heterocycles. The molecule has 0 unspecified atom stereocenters. The van der Waals surface area contributed by atoms with Gasteiger partial charge in [0.15, 0.2) is 11.5 Å². The van der Waals surface area contributed by atoms with Crippen molar-refractivity contribution in [2.75, 3.05) is 12.4 Å². The number of anilines is 1. The zero-order valence-electron chi connectivity index (χ0n) is 12.8. The van der Waals surface area contributed by atoms with Crippen LogP contribution in [0.2, 0.25) is 0 Å². The second-order valence-electron chi connectivity index (χ2n) is 5.03. The van der Waals surface area contributed by atoms with Crippen LogP contribution in [0.5, 0.6) is 5.75 Å². The lowest BCUT2D eigenvalue weighted by molar-refractivity contribution is 0.414. The average molecular weight is 322 g/mol. The van der Waals surface area contributed by atoms with E-state index < -0.39 is 0 Å². The van der Waals surface area contributed by atoms with Crippen LogP contribution in [-0.4, -0.2) is 42.0 Å². The van der Waals surface area contributed by atoms with Crippen molar-refractivity contribution in [1.82, 2.24) is 34.9 Å². The Labute approximate surface area is 136 Å². The number of hydrogen-bond donors (Lipinski definition) is 2. The third kappa shape index (κ3) is 2.62. The molecular formula is C15H14N8O. The number of H-pyrrole nitrogens is 1. The summed E-state index contributed by atoms with van der Waals surface area (Å²) in [5, 5.41) is 11.5. The second kappa shape index (κ2) is 5.95. The summed E-state index contributed by atoms with van der Waals surface area (Å²) in [5.74, 6) is 1.48. The van der Waals surface area contributed by atoms with Gasteiger partial charge >= 0.3 is 0 Å². The fraction of sp³-hybridized carbons (Fsp3) is 0.133. The minimum atomic E-state index is 0.487. The van der Waals surface area contributed by atoms with Gasteiger partial charge in [-0.15, -0.1) is 5.10 Å². The summed E-state index contributed by atoms with van der Waals surface area (Å²) in [6.07, 6.45) is 4.92. The maximum Gasteiger partial charge on any atom is 0.182 e. The van der Waals surface area contributed by atoms with Crippen LogP contribution >= 0.6 is 0 Å². The van der Waals surface area contributed by atoms with E-state index in [0.29, 0.717) is 18.0 Å². The Morgan fingerprint density at radius 3 is 2.88 bits per heavy atom. The molecule has 4 aromatic rings. The van der Waals surface area contributed by atoms with E-state index in [1.165, 1.54) is 6.33 Å². The van der Waals surface area contributed by atoms with Crippen LogP contribution < -0.4 is 10.1 Å². The van der Waals surface area contributed by atoms with Gasteiger partial charge in [0.05, 0.1) is 31.9 Å². The van der Waals surface area contributed by atoms with Crippen LogP contribution in [0.3, 0.4) is 0 Å². The fourth-order valence-corrected chi connectivity index (χ4v) is 2.31. The Kier molecular flexibility index (Phi) is 3.50. The first-order valence-corrected chi connectivity index (χ1v) is 7.27. The maximum atomic E-state index is 5.15. The number of nitrogens with one attached hydrogen (secondary N) is 2. The van der Waals surface area contributed by atoms with Crippen molar-refractivity contribution in [1.29, 1.82) is 0 Å². The number of hydrogen-bond acceptors (Lipinski definition) is 7. The standard InChI is InChI=1S/C15H14N8O/c1-24-12-4-2-11(3-5-12)23-7-10(21-22-23)6-16-14-13-15(18-8-17-13)20-9-19-14/h2-5,7-9H,6H2,1H3,(H2,16,17,18,19,20). The van der Waals surface area contributed by atoms with Gasteiger partial charge in [0.2, 0.25) is 0 Å². The van der Waals surface area contributed by atoms with Crippen LogP contribution in [0.15, 0.2) is 43.1 Å². The highest BCUT2D eigenvalue weighted by molar-refractivity contribution is 5.81. The topological polar surface area (TPSA) is 106 Å². The van der Waals surface area contributed by atoms with E-state index in [9.17, 15) is 0 Å². The Hall–Kier alpha value is -3.49. The SMILES string of the molecule is COc1ccc(-n2cc(CNc3ncnc4nc[nH]c34)nn2)cc1. The van der Waals surface area contributed by atoms with Crippen LogP contribution in [0.4, 0.5) is 5.82 Å². The van der Waals surface area contributed by atoms with E-state index in [-0.39, 0.29) is 0 Å². The summed E-state index contributed by atoms with van der Waals surface area (Å²) in [7, 11) is 1.64. The number of nitrogens with zero attached hydrogens (tertiary/aromatic N) is 6. The molecule has 9 nitrogen and oxygen atoms in total. The highest BCUT2D eigenvalue weighted by Crippen LogP contribution is 2.16. The lowest BCUT2D eigenvalue weighted by atomic mass is 10.3. The molecule has 4 rings (SSSR count). The molecule has 0 aliphatic carbocycles. The molecule has 0 aliphatic rings. The van der Waals surface area contributed by atoms with Gasteiger partial charge in [0.1, 0.15) is 23.3 Å². The first-order valence-electron chi connectivity index (χ1n) is 7.27. The van der Waals surface area contributed by atoms with Gasteiger partial charge in [0, 0.05) is 0 Å². The molecule has 24 heavy (non-hydrogen) atoms. The minimum Gasteiger partial charge on any atom is -0.497 e. The van der Waals surface area contributed by atoms with Crippen LogP contribution in [0.25, 0.3) is 16.9 Å². The van der Waals surface area contributed by atoms with Crippen molar-refractivity contribution in [2.45, 2.75) is 6.54 Å². The van der Waals surface area contributed by atoms with Crippen LogP contribution in [-0.2, 0) is 6.54 Å². The number of aromatic nitrogens is 7. The lowest BCUT2D eigenvalue weighted by Gasteiger charge is -2.03. The monoisotopic (exact) mass is 322 g/mol. The summed E-state index contributed by atoms with van der Waals surface area (Å²) in [4.78, 5) is 15.4. The van der Waals surface area contributed by atoms with E-state index in [1.807, 2.05) is 30.5 Å². The molecule has 0 atom stereocenters. The summed E-state index contributed by atoms with van der Waals surface area (Å²) in [6.45, 7) is 0.487. The zero-order valence-corrected chi connectivity index (χ0v) is 12.8. The van der Waals surface area contributed by atoms with Gasteiger partial charge in [0.25, 0.3) is 0 Å². The molecule has 0 bridgehead atoms. The van der Waals surface area contributed by atoms with E-state index in [2.05, 4.69) is 35.6 Å². The molecule has 120 valence electrons. The number of methoxy groups -OCH3 is 1. The van der Waals surface area contributed by atoms with E-state index >= 15 is 0 Å². The van der Waals surface area contributed by atoms with Gasteiger partial charge in [-0.1, -0.05) is 5.21 Å². The molecule has 3 aromatic heterocycles. The molecule has 2 N–H and O–H groups in total. The summed E-state index contributed by atoms with van der Waals surface area (Å²) in [6, 6.07) is 7.60. The minimum absolute atomic E-state index is 0.487. The Bertz CT molecular complexity index is 959. The highest BCUT2D eigenvalue weighted by Gasteiger charge is 2.07. The molecule has 0 spiro atoms. The quantitative estimate of drug-likeness (QED) is 0.574. The molecule has 0 radical (unpaired) electrons. The maximum absolute atomic E-state index is 5.15. The molecular weight excluding hydrogens is 308 g/mol. The van der Waals surface area contributed by atoms with Gasteiger partial charge in [-0.3, -0.25) is 0 Å². The van der Waals surface area contributed by atoms with E-state index in [4.69, 9.17) is 4.74 Å². The van der Waals surface area contributed by atoms with Crippen molar-refractivity contribution >= 4 is 17.0 Å². The number of ether oxygens (including phenoxy) is 1. The van der Waals surface area contributed by atoms with Crippen LogP contribution in [0.1, 0.15) is 5.69 Å². The van der Waals surface area contributed by atoms with Crippen molar-refractivity contribution in [3.05, 3.63) is 48.8 Å². The first-order chi connectivity index (χ1) is 11.8. The molecule has 1 aromatic carbocycles. The number of fused-ring (bicyclic) bond motifs is 1. The Morgan fingerprint density at radius 1 is 1.17 bits per heavy atom. The predicted molar refractivity (Wildman–Crippen MR) is 86.9 cm³/mol. The third-order valence-corrected chi connectivity index (χ3v) is 3.54. The zero-order chi connectivity index (χ0) is 16.4. The van der Waals surface area contributed by atoms with Gasteiger partial charge in [-0.05, 0) is 24.3 Å². The molecule has 9 heteroatoms. The number of rotatable bonds is 5. The van der Waals surface area contributed by atoms with Crippen molar-refractivity contribution < 1.29 is 4.74 Å². The molecule has 0 fully saturated rings. The highest BCUT2D eigenvalue weighted by atomic mass is 16.5. The number of aromatic amines is 1. The lowest BCUT2D eigenvalue weighted by Crippen LogP contribution is -2.03. The summed E-state index contributed by atoms with van der Waals surface area (Å²) >= 11 is 0. The normalized spacial score (nSPS) is 10.9. The van der Waals surface area contributed by atoms with Gasteiger partial charge in [-0.2, -0.15) is 0 Å². The molecule has 0 saturated carbocycles. The second-order valence-corrected chi connectivity index (χ2v) is 5.03. The summed E-state index contributed by atoms with van der Waals surface area (Å²) in [5.41, 5.74) is 3.08. The number of benzene rings is 1. The molecule has 0 saturated heterocycles. The largest absolute Gasteiger partial charge is 0.497 e. The van der Waals surface area contributed by atoms with E-state index in [0.717, 1.165) is 22.6 Å². The van der Waals surface area contributed by atoms with E-state index in [1.54, 1.807) is 18.1 Å². The van der Waals surface area contributed by atoms with Gasteiger partial charge in [-0.25, -0.2) is 19.6 Å². The smallest absolute Gasteiger partial charge is 0.182 e. The molecule has 0 aliphatic heterocycles. The average Bonchev–Trinajstić information content (AvgIpc) is 3.29. The van der Waals surface area contributed by atoms with Crippen molar-refractivity contribution in [3.8, 4) is 11.4 Å². The Balaban J connectivity index is 1.50. The predicted octanol–water partition coefficient (Wildman–Crippen LogP) is 1.55. The third-order valence-electron chi connectivity index (χ3n) is 3.54. The Morgan fingerprint density at radius 2 is 2.04 bits per heavy atom. The fourth-order valence-electron chi connectivity index (χ4n) is 2.31. The summed E-state index contributed by atoms with van der Waals surface area (Å²) < 4.78 is 6.86. The van der Waals surface area contributed by atoms with Crippen molar-refractivity contribution in [2.24, 2.45) is 0 Å².